The molecule has 0 saturated heterocycles. The second-order valence-corrected chi connectivity index (χ2v) is 7.22. The van der Waals surface area contributed by atoms with Crippen LogP contribution >= 0.6 is 0 Å². The SMILES string of the molecule is N#Cc1ccc2c(c1)N(C(=O)C(C1CCC1)C1CCC1)CC(=O)N2. The Hall–Kier alpha value is -2.35. The highest BCUT2D eigenvalue weighted by atomic mass is 16.2. The molecule has 2 fully saturated rings. The molecule has 0 atom stereocenters. The van der Waals surface area contributed by atoms with E-state index in [4.69, 9.17) is 5.26 Å². The number of carbonyl (C=O) groups excluding carboxylic acids is 2. The van der Waals surface area contributed by atoms with Crippen LogP contribution < -0.4 is 10.2 Å². The van der Waals surface area contributed by atoms with Crippen LogP contribution in [0.3, 0.4) is 0 Å². The van der Waals surface area contributed by atoms with E-state index in [1.165, 1.54) is 12.8 Å². The number of nitrogens with zero attached hydrogens (tertiary/aromatic N) is 2. The Morgan fingerprint density at radius 2 is 1.88 bits per heavy atom. The lowest BCUT2D eigenvalue weighted by molar-refractivity contribution is -0.130. The first-order chi connectivity index (χ1) is 11.7. The quantitative estimate of drug-likeness (QED) is 0.929. The summed E-state index contributed by atoms with van der Waals surface area (Å²) in [6.45, 7) is 0.0522. The summed E-state index contributed by atoms with van der Waals surface area (Å²) >= 11 is 0. The van der Waals surface area contributed by atoms with E-state index >= 15 is 0 Å². The Bertz CT molecular complexity index is 715. The molecule has 0 unspecified atom stereocenters. The molecule has 24 heavy (non-hydrogen) atoms. The first kappa shape index (κ1) is 15.2. The highest BCUT2D eigenvalue weighted by molar-refractivity contribution is 6.10. The van der Waals surface area contributed by atoms with Gasteiger partial charge < -0.3 is 10.2 Å². The van der Waals surface area contributed by atoms with Gasteiger partial charge in [0.1, 0.15) is 6.54 Å². The maximum atomic E-state index is 13.3. The molecule has 1 aromatic rings. The number of hydrogen-bond donors (Lipinski definition) is 1. The Kier molecular flexibility index (Phi) is 3.76. The first-order valence-electron chi connectivity index (χ1n) is 8.83. The van der Waals surface area contributed by atoms with Gasteiger partial charge in [0.15, 0.2) is 0 Å². The van der Waals surface area contributed by atoms with Gasteiger partial charge in [-0.2, -0.15) is 5.26 Å². The summed E-state index contributed by atoms with van der Waals surface area (Å²) in [7, 11) is 0. The van der Waals surface area contributed by atoms with Crippen molar-refractivity contribution in [2.24, 2.45) is 17.8 Å². The van der Waals surface area contributed by atoms with Gasteiger partial charge in [-0.25, -0.2) is 0 Å². The minimum Gasteiger partial charge on any atom is -0.323 e. The van der Waals surface area contributed by atoms with Crippen LogP contribution in [0, 0.1) is 29.1 Å². The summed E-state index contributed by atoms with van der Waals surface area (Å²) < 4.78 is 0. The summed E-state index contributed by atoms with van der Waals surface area (Å²) in [5.41, 5.74) is 1.80. The smallest absolute Gasteiger partial charge is 0.244 e. The zero-order valence-corrected chi connectivity index (χ0v) is 13.6. The molecular weight excluding hydrogens is 302 g/mol. The Balaban J connectivity index is 1.68. The van der Waals surface area contributed by atoms with E-state index in [-0.39, 0.29) is 24.3 Å². The molecule has 0 spiro atoms. The molecule has 2 amide bonds. The fourth-order valence-electron chi connectivity index (χ4n) is 4.11. The topological polar surface area (TPSA) is 73.2 Å². The summed E-state index contributed by atoms with van der Waals surface area (Å²) in [5.74, 6) is 0.889. The second kappa shape index (κ2) is 5.94. The van der Waals surface area contributed by atoms with E-state index in [2.05, 4.69) is 11.4 Å². The maximum Gasteiger partial charge on any atom is 0.244 e. The molecule has 4 rings (SSSR count). The van der Waals surface area contributed by atoms with E-state index < -0.39 is 0 Å². The largest absolute Gasteiger partial charge is 0.323 e. The maximum absolute atomic E-state index is 13.3. The molecule has 2 aliphatic carbocycles. The van der Waals surface area contributed by atoms with E-state index in [0.717, 1.165) is 25.7 Å². The van der Waals surface area contributed by atoms with Crippen molar-refractivity contribution in [2.75, 3.05) is 16.8 Å². The molecule has 1 aromatic carbocycles. The fraction of sp³-hybridized carbons (Fsp3) is 0.526. The van der Waals surface area contributed by atoms with Gasteiger partial charge in [-0.1, -0.05) is 12.8 Å². The third kappa shape index (κ3) is 2.47. The molecule has 1 heterocycles. The molecule has 1 aliphatic heterocycles. The van der Waals surface area contributed by atoms with Crippen LogP contribution in [-0.4, -0.2) is 18.4 Å². The Morgan fingerprint density at radius 3 is 2.42 bits per heavy atom. The number of benzene rings is 1. The van der Waals surface area contributed by atoms with Crippen molar-refractivity contribution < 1.29 is 9.59 Å². The predicted octanol–water partition coefficient (Wildman–Crippen LogP) is 3.06. The third-order valence-electron chi connectivity index (χ3n) is 5.86. The second-order valence-electron chi connectivity index (χ2n) is 7.22. The highest BCUT2D eigenvalue weighted by Gasteiger charge is 2.43. The molecule has 0 aromatic heterocycles. The highest BCUT2D eigenvalue weighted by Crippen LogP contribution is 2.46. The summed E-state index contributed by atoms with van der Waals surface area (Å²) in [6.07, 6.45) is 6.90. The van der Waals surface area contributed by atoms with Crippen molar-refractivity contribution in [3.63, 3.8) is 0 Å². The molecule has 0 bridgehead atoms. The van der Waals surface area contributed by atoms with Crippen molar-refractivity contribution in [3.8, 4) is 6.07 Å². The van der Waals surface area contributed by atoms with Gasteiger partial charge in [0.05, 0.1) is 23.0 Å². The molecule has 124 valence electrons. The molecule has 1 N–H and O–H groups in total. The third-order valence-corrected chi connectivity index (χ3v) is 5.86. The van der Waals surface area contributed by atoms with Crippen molar-refractivity contribution in [2.45, 2.75) is 38.5 Å². The number of nitrogens with one attached hydrogen (secondary N) is 1. The van der Waals surface area contributed by atoms with Gasteiger partial charge in [-0.15, -0.1) is 0 Å². The van der Waals surface area contributed by atoms with Crippen LogP contribution in [0.25, 0.3) is 0 Å². The fourth-order valence-corrected chi connectivity index (χ4v) is 4.11. The van der Waals surface area contributed by atoms with Gasteiger partial charge >= 0.3 is 0 Å². The number of hydrogen-bond acceptors (Lipinski definition) is 3. The Labute approximate surface area is 141 Å². The number of anilines is 2. The lowest BCUT2D eigenvalue weighted by atomic mass is 9.64. The average molecular weight is 323 g/mol. The first-order valence-corrected chi connectivity index (χ1v) is 8.83. The molecule has 2 saturated carbocycles. The minimum atomic E-state index is -0.165. The van der Waals surface area contributed by atoms with Crippen LogP contribution in [0.5, 0.6) is 0 Å². The zero-order valence-electron chi connectivity index (χ0n) is 13.6. The lowest BCUT2D eigenvalue weighted by Gasteiger charge is -2.44. The molecule has 0 radical (unpaired) electrons. The molecule has 5 nitrogen and oxygen atoms in total. The van der Waals surface area contributed by atoms with E-state index in [0.29, 0.717) is 28.8 Å². The van der Waals surface area contributed by atoms with Crippen LogP contribution in [-0.2, 0) is 9.59 Å². The van der Waals surface area contributed by atoms with E-state index in [1.807, 2.05) is 0 Å². The van der Waals surface area contributed by atoms with Gasteiger partial charge in [0.25, 0.3) is 0 Å². The van der Waals surface area contributed by atoms with Crippen LogP contribution in [0.1, 0.15) is 44.1 Å². The molecule has 5 heteroatoms. The predicted molar refractivity (Wildman–Crippen MR) is 90.3 cm³/mol. The minimum absolute atomic E-state index is 0.0389. The summed E-state index contributed by atoms with van der Waals surface area (Å²) in [4.78, 5) is 27.0. The number of rotatable bonds is 3. The number of nitriles is 1. The normalized spacial score (nSPS) is 20.7. The van der Waals surface area contributed by atoms with Gasteiger partial charge in [0.2, 0.25) is 11.8 Å². The number of amides is 2. The van der Waals surface area contributed by atoms with Crippen molar-refractivity contribution >= 4 is 23.2 Å². The number of fused-ring (bicyclic) bond motifs is 1. The van der Waals surface area contributed by atoms with Crippen molar-refractivity contribution in [1.29, 1.82) is 5.26 Å². The lowest BCUT2D eigenvalue weighted by Crippen LogP contribution is -2.50. The van der Waals surface area contributed by atoms with Gasteiger partial charge in [-0.05, 0) is 55.7 Å². The van der Waals surface area contributed by atoms with Crippen molar-refractivity contribution in [3.05, 3.63) is 23.8 Å². The molecule has 3 aliphatic rings. The van der Waals surface area contributed by atoms with Crippen LogP contribution in [0.2, 0.25) is 0 Å². The van der Waals surface area contributed by atoms with Crippen LogP contribution in [0.15, 0.2) is 18.2 Å². The monoisotopic (exact) mass is 323 g/mol. The van der Waals surface area contributed by atoms with E-state index in [9.17, 15) is 9.59 Å². The van der Waals surface area contributed by atoms with Gasteiger partial charge in [0, 0.05) is 5.92 Å². The Morgan fingerprint density at radius 1 is 1.21 bits per heavy atom. The van der Waals surface area contributed by atoms with E-state index in [1.54, 1.807) is 23.1 Å². The standard InChI is InChI=1S/C19H21N3O2/c20-10-12-7-8-15-16(9-12)22(11-17(23)21-15)19(24)18(13-3-1-4-13)14-5-2-6-14/h7-9,13-14,18H,1-6,11H2,(H,21,23). The summed E-state index contributed by atoms with van der Waals surface area (Å²) in [6, 6.07) is 7.21. The summed E-state index contributed by atoms with van der Waals surface area (Å²) in [5, 5.41) is 12.0. The zero-order chi connectivity index (χ0) is 16.7. The van der Waals surface area contributed by atoms with Crippen LogP contribution in [0.4, 0.5) is 11.4 Å². The average Bonchev–Trinajstić information content (AvgIpc) is 2.49. The van der Waals surface area contributed by atoms with Gasteiger partial charge in [-0.3, -0.25) is 9.59 Å². The van der Waals surface area contributed by atoms with Crippen molar-refractivity contribution in [1.82, 2.24) is 0 Å². The number of carbonyl (C=O) groups is 2. The molecular formula is C19H21N3O2.